The van der Waals surface area contributed by atoms with E-state index in [1.54, 1.807) is 0 Å². The van der Waals surface area contributed by atoms with Gasteiger partial charge in [0.25, 0.3) is 0 Å². The molecule has 5 heteroatoms. The third kappa shape index (κ3) is 6.97. The highest BCUT2D eigenvalue weighted by atomic mass is 16.5. The minimum atomic E-state index is 0.0269. The summed E-state index contributed by atoms with van der Waals surface area (Å²) in [6.45, 7) is 13.7. The Hall–Kier alpha value is -0.810. The first-order valence-corrected chi connectivity index (χ1v) is 8.63. The number of rotatable bonds is 8. The van der Waals surface area contributed by atoms with Crippen molar-refractivity contribution < 1.29 is 14.3 Å². The van der Waals surface area contributed by atoms with Gasteiger partial charge in [-0.05, 0) is 60.8 Å². The van der Waals surface area contributed by atoms with Gasteiger partial charge in [0.15, 0.2) is 0 Å². The predicted molar refractivity (Wildman–Crippen MR) is 89.1 cm³/mol. The van der Waals surface area contributed by atoms with E-state index in [-0.39, 0.29) is 36.4 Å². The molecule has 1 N–H and O–H groups in total. The van der Waals surface area contributed by atoms with Crippen LogP contribution in [0.4, 0.5) is 4.79 Å². The zero-order valence-electron chi connectivity index (χ0n) is 15.1. The van der Waals surface area contributed by atoms with Crippen LogP contribution in [0.25, 0.3) is 0 Å². The van der Waals surface area contributed by atoms with Crippen LogP contribution < -0.4 is 5.32 Å². The van der Waals surface area contributed by atoms with Crippen LogP contribution in [0.2, 0.25) is 0 Å². The summed E-state index contributed by atoms with van der Waals surface area (Å²) in [5.41, 5.74) is 0. The van der Waals surface area contributed by atoms with Crippen LogP contribution in [0.5, 0.6) is 0 Å². The van der Waals surface area contributed by atoms with Crippen LogP contribution in [-0.2, 0) is 9.47 Å². The summed E-state index contributed by atoms with van der Waals surface area (Å²) in [4.78, 5) is 14.4. The van der Waals surface area contributed by atoms with E-state index in [0.717, 1.165) is 25.8 Å². The quantitative estimate of drug-likeness (QED) is 0.748. The van der Waals surface area contributed by atoms with Crippen molar-refractivity contribution >= 4 is 6.03 Å². The lowest BCUT2D eigenvalue weighted by atomic mass is 10.1. The second-order valence-corrected chi connectivity index (χ2v) is 6.95. The fourth-order valence-electron chi connectivity index (χ4n) is 2.95. The molecule has 130 valence electrons. The summed E-state index contributed by atoms with van der Waals surface area (Å²) in [5.74, 6) is 0. The normalized spacial score (nSPS) is 21.5. The van der Waals surface area contributed by atoms with Crippen LogP contribution >= 0.6 is 0 Å². The van der Waals surface area contributed by atoms with Gasteiger partial charge in [-0.3, -0.25) is 0 Å². The Morgan fingerprint density at radius 1 is 1.18 bits per heavy atom. The van der Waals surface area contributed by atoms with Crippen LogP contribution in [0.3, 0.4) is 0 Å². The van der Waals surface area contributed by atoms with E-state index in [0.29, 0.717) is 6.61 Å². The third-order valence-electron chi connectivity index (χ3n) is 3.82. The second-order valence-electron chi connectivity index (χ2n) is 6.95. The fraction of sp³-hybridized carbons (Fsp3) is 0.941. The SMILES string of the molecule is CC(CC(C)OC(C)C)NC(=O)N1CCCC1COC(C)C. The highest BCUT2D eigenvalue weighted by molar-refractivity contribution is 5.75. The molecule has 1 aliphatic heterocycles. The topological polar surface area (TPSA) is 50.8 Å². The van der Waals surface area contributed by atoms with Crippen LogP contribution in [0.15, 0.2) is 0 Å². The van der Waals surface area contributed by atoms with Crippen molar-refractivity contribution in [1.82, 2.24) is 10.2 Å². The zero-order valence-corrected chi connectivity index (χ0v) is 15.1. The molecular weight excluding hydrogens is 280 g/mol. The lowest BCUT2D eigenvalue weighted by molar-refractivity contribution is 0.00993. The maximum Gasteiger partial charge on any atom is 0.317 e. The monoisotopic (exact) mass is 314 g/mol. The van der Waals surface area contributed by atoms with Crippen molar-refractivity contribution in [3.05, 3.63) is 0 Å². The number of nitrogens with one attached hydrogen (secondary N) is 1. The van der Waals surface area contributed by atoms with E-state index in [1.165, 1.54) is 0 Å². The first-order chi connectivity index (χ1) is 10.3. The highest BCUT2D eigenvalue weighted by Crippen LogP contribution is 2.18. The van der Waals surface area contributed by atoms with Crippen molar-refractivity contribution in [3.8, 4) is 0 Å². The van der Waals surface area contributed by atoms with Crippen LogP contribution in [-0.4, -0.2) is 54.5 Å². The Morgan fingerprint density at radius 3 is 2.45 bits per heavy atom. The average Bonchev–Trinajstić information content (AvgIpc) is 2.82. The Balaban J connectivity index is 2.39. The summed E-state index contributed by atoms with van der Waals surface area (Å²) in [7, 11) is 0. The van der Waals surface area contributed by atoms with Crippen LogP contribution in [0.1, 0.15) is 60.8 Å². The number of carbonyl (C=O) groups excluding carboxylic acids is 1. The largest absolute Gasteiger partial charge is 0.377 e. The summed E-state index contributed by atoms with van der Waals surface area (Å²) in [5, 5.41) is 3.10. The minimum absolute atomic E-state index is 0.0269. The number of hydrogen-bond donors (Lipinski definition) is 1. The van der Waals surface area contributed by atoms with E-state index in [2.05, 4.69) is 12.2 Å². The molecule has 5 nitrogen and oxygen atoms in total. The molecule has 1 aliphatic rings. The summed E-state index contributed by atoms with van der Waals surface area (Å²) in [6, 6.07) is 0.339. The van der Waals surface area contributed by atoms with Crippen LogP contribution in [0, 0.1) is 0 Å². The van der Waals surface area contributed by atoms with Crippen molar-refractivity contribution in [3.63, 3.8) is 0 Å². The van der Waals surface area contributed by atoms with Gasteiger partial charge in [0.2, 0.25) is 0 Å². The average molecular weight is 314 g/mol. The maximum absolute atomic E-state index is 12.4. The zero-order chi connectivity index (χ0) is 16.7. The number of hydrogen-bond acceptors (Lipinski definition) is 3. The Labute approximate surface area is 135 Å². The smallest absolute Gasteiger partial charge is 0.317 e. The first kappa shape index (κ1) is 19.2. The summed E-state index contributed by atoms with van der Waals surface area (Å²) >= 11 is 0. The fourth-order valence-corrected chi connectivity index (χ4v) is 2.95. The van der Waals surface area contributed by atoms with E-state index in [9.17, 15) is 4.79 Å². The molecule has 1 fully saturated rings. The maximum atomic E-state index is 12.4. The molecule has 1 saturated heterocycles. The molecule has 1 heterocycles. The molecule has 0 aromatic carbocycles. The van der Waals surface area contributed by atoms with E-state index in [4.69, 9.17) is 9.47 Å². The van der Waals surface area contributed by atoms with E-state index < -0.39 is 0 Å². The molecule has 0 aliphatic carbocycles. The van der Waals surface area contributed by atoms with Gasteiger partial charge < -0.3 is 19.7 Å². The number of ether oxygens (including phenoxy) is 2. The lowest BCUT2D eigenvalue weighted by Gasteiger charge is -2.28. The minimum Gasteiger partial charge on any atom is -0.377 e. The molecule has 0 bridgehead atoms. The molecule has 3 atom stereocenters. The van der Waals surface area contributed by atoms with E-state index in [1.807, 2.05) is 39.5 Å². The van der Waals surface area contributed by atoms with Gasteiger partial charge in [0.1, 0.15) is 0 Å². The number of likely N-dealkylation sites (tertiary alicyclic amines) is 1. The standard InChI is InChI=1S/C17H34N2O3/c1-12(2)21-11-16-8-7-9-19(16)17(20)18-14(5)10-15(6)22-13(3)4/h12-16H,7-11H2,1-6H3,(H,18,20). The molecule has 0 aromatic heterocycles. The molecule has 3 unspecified atom stereocenters. The molecule has 22 heavy (non-hydrogen) atoms. The van der Waals surface area contributed by atoms with Gasteiger partial charge in [-0.25, -0.2) is 4.79 Å². The van der Waals surface area contributed by atoms with Crippen molar-refractivity contribution in [2.75, 3.05) is 13.2 Å². The molecule has 2 amide bonds. The van der Waals surface area contributed by atoms with Crippen molar-refractivity contribution in [1.29, 1.82) is 0 Å². The predicted octanol–water partition coefficient (Wildman–Crippen LogP) is 3.18. The number of amides is 2. The van der Waals surface area contributed by atoms with Gasteiger partial charge in [-0.15, -0.1) is 0 Å². The first-order valence-electron chi connectivity index (χ1n) is 8.63. The second kappa shape index (κ2) is 9.36. The molecular formula is C17H34N2O3. The Kier molecular flexibility index (Phi) is 8.18. The molecule has 1 rings (SSSR count). The van der Waals surface area contributed by atoms with Crippen molar-refractivity contribution in [2.24, 2.45) is 0 Å². The van der Waals surface area contributed by atoms with Crippen molar-refractivity contribution in [2.45, 2.75) is 91.2 Å². The summed E-state index contributed by atoms with van der Waals surface area (Å²) in [6.07, 6.45) is 3.48. The number of carbonyl (C=O) groups is 1. The van der Waals surface area contributed by atoms with Gasteiger partial charge >= 0.3 is 6.03 Å². The Morgan fingerprint density at radius 2 is 1.86 bits per heavy atom. The van der Waals surface area contributed by atoms with Gasteiger partial charge in [0.05, 0.1) is 31.0 Å². The Bertz CT molecular complexity index is 334. The van der Waals surface area contributed by atoms with Gasteiger partial charge in [0, 0.05) is 12.6 Å². The van der Waals surface area contributed by atoms with Gasteiger partial charge in [-0.1, -0.05) is 0 Å². The van der Waals surface area contributed by atoms with E-state index >= 15 is 0 Å². The molecule has 0 spiro atoms. The molecule has 0 saturated carbocycles. The molecule has 0 radical (unpaired) electrons. The highest BCUT2D eigenvalue weighted by Gasteiger charge is 2.29. The number of urea groups is 1. The summed E-state index contributed by atoms with van der Waals surface area (Å²) < 4.78 is 11.4. The lowest BCUT2D eigenvalue weighted by Crippen LogP contribution is -2.48. The van der Waals surface area contributed by atoms with Gasteiger partial charge in [-0.2, -0.15) is 0 Å². The number of nitrogens with zero attached hydrogens (tertiary/aromatic N) is 1. The molecule has 0 aromatic rings. The third-order valence-corrected chi connectivity index (χ3v) is 3.82.